The smallest absolute Gasteiger partial charge is 0.338 e. The van der Waals surface area contributed by atoms with E-state index in [1.54, 1.807) is 24.3 Å². The molecule has 0 bridgehead atoms. The molecular formula is C25H21N3O5. The molecule has 0 radical (unpaired) electrons. The van der Waals surface area contributed by atoms with Crippen molar-refractivity contribution in [2.75, 3.05) is 5.32 Å². The van der Waals surface area contributed by atoms with Crippen LogP contribution in [0.4, 0.5) is 5.69 Å². The summed E-state index contributed by atoms with van der Waals surface area (Å²) in [5, 5.41) is 11.6. The lowest BCUT2D eigenvalue weighted by molar-refractivity contribution is -0.123. The van der Waals surface area contributed by atoms with Crippen LogP contribution in [0.1, 0.15) is 33.2 Å². The van der Waals surface area contributed by atoms with Gasteiger partial charge in [0.1, 0.15) is 5.82 Å². The molecule has 166 valence electrons. The van der Waals surface area contributed by atoms with E-state index in [9.17, 15) is 14.4 Å². The fourth-order valence-electron chi connectivity index (χ4n) is 3.24. The number of benzene rings is 3. The topological polar surface area (TPSA) is 121 Å². The van der Waals surface area contributed by atoms with Crippen molar-refractivity contribution in [2.24, 2.45) is 0 Å². The van der Waals surface area contributed by atoms with Gasteiger partial charge in [-0.25, -0.2) is 14.6 Å². The third-order valence-corrected chi connectivity index (χ3v) is 5.07. The number of carbonyl (C=O) groups excluding carboxylic acids is 2. The molecule has 1 aromatic heterocycles. The quantitative estimate of drug-likeness (QED) is 0.379. The number of nitrogens with one attached hydrogen (secondary N) is 2. The third-order valence-electron chi connectivity index (χ3n) is 5.07. The number of hydrogen-bond donors (Lipinski definition) is 3. The number of carboxylic acids is 1. The number of hydrogen-bond acceptors (Lipinski definition) is 5. The Kier molecular flexibility index (Phi) is 5.91. The van der Waals surface area contributed by atoms with Crippen molar-refractivity contribution in [3.63, 3.8) is 0 Å². The van der Waals surface area contributed by atoms with Gasteiger partial charge in [0, 0.05) is 11.3 Å². The Morgan fingerprint density at radius 2 is 1.76 bits per heavy atom. The molecule has 33 heavy (non-hydrogen) atoms. The predicted octanol–water partition coefficient (Wildman–Crippen LogP) is 4.42. The molecule has 3 N–H and O–H groups in total. The van der Waals surface area contributed by atoms with Crippen LogP contribution in [-0.2, 0) is 9.53 Å². The third kappa shape index (κ3) is 4.90. The first-order valence-corrected chi connectivity index (χ1v) is 10.2. The van der Waals surface area contributed by atoms with Crippen LogP contribution < -0.4 is 5.32 Å². The van der Waals surface area contributed by atoms with E-state index in [1.165, 1.54) is 25.1 Å². The van der Waals surface area contributed by atoms with E-state index in [1.807, 2.05) is 31.2 Å². The van der Waals surface area contributed by atoms with Crippen molar-refractivity contribution < 1.29 is 24.2 Å². The molecule has 1 unspecified atom stereocenters. The van der Waals surface area contributed by atoms with Gasteiger partial charge >= 0.3 is 11.9 Å². The molecule has 0 saturated heterocycles. The standard InChI is InChI=1S/C25H21N3O5/c1-14-6-8-16(9-7-14)22-27-20-11-10-18(13-21(20)28-22)25(32)33-15(2)23(29)26-19-5-3-4-17(12-19)24(30)31/h3-13,15H,1-2H3,(H,26,29)(H,27,28)(H,30,31). The van der Waals surface area contributed by atoms with Crippen LogP contribution in [0.5, 0.6) is 0 Å². The van der Waals surface area contributed by atoms with Crippen LogP contribution in [0.25, 0.3) is 22.4 Å². The van der Waals surface area contributed by atoms with Gasteiger partial charge < -0.3 is 20.1 Å². The average Bonchev–Trinajstić information content (AvgIpc) is 3.23. The minimum Gasteiger partial charge on any atom is -0.478 e. The summed E-state index contributed by atoms with van der Waals surface area (Å²) in [6, 6.07) is 18.7. The number of amides is 1. The number of aryl methyl sites for hydroxylation is 1. The van der Waals surface area contributed by atoms with E-state index in [2.05, 4.69) is 15.3 Å². The Hall–Kier alpha value is -4.46. The van der Waals surface area contributed by atoms with Gasteiger partial charge in [0.15, 0.2) is 6.10 Å². The monoisotopic (exact) mass is 443 g/mol. The summed E-state index contributed by atoms with van der Waals surface area (Å²) in [7, 11) is 0. The number of esters is 1. The van der Waals surface area contributed by atoms with Gasteiger partial charge in [-0.2, -0.15) is 0 Å². The molecule has 0 aliphatic carbocycles. The Labute approximate surface area is 189 Å². The number of carboxylic acid groups (broad SMARTS) is 1. The Balaban J connectivity index is 1.45. The highest BCUT2D eigenvalue weighted by atomic mass is 16.5. The summed E-state index contributed by atoms with van der Waals surface area (Å²) in [4.78, 5) is 43.8. The summed E-state index contributed by atoms with van der Waals surface area (Å²) in [5.41, 5.74) is 4.05. The molecule has 1 amide bonds. The summed E-state index contributed by atoms with van der Waals surface area (Å²) < 4.78 is 5.30. The lowest BCUT2D eigenvalue weighted by atomic mass is 10.1. The van der Waals surface area contributed by atoms with Crippen molar-refractivity contribution in [1.29, 1.82) is 0 Å². The maximum Gasteiger partial charge on any atom is 0.338 e. The van der Waals surface area contributed by atoms with Crippen LogP contribution in [0, 0.1) is 6.92 Å². The second kappa shape index (κ2) is 8.96. The first-order chi connectivity index (χ1) is 15.8. The lowest BCUT2D eigenvalue weighted by Crippen LogP contribution is -2.30. The number of rotatable bonds is 6. The van der Waals surface area contributed by atoms with Crippen LogP contribution in [0.2, 0.25) is 0 Å². The first kappa shape index (κ1) is 21.8. The molecule has 0 fully saturated rings. The molecule has 3 aromatic carbocycles. The number of carbonyl (C=O) groups is 3. The Bertz CT molecular complexity index is 1360. The van der Waals surface area contributed by atoms with Gasteiger partial charge in [-0.1, -0.05) is 35.9 Å². The molecule has 8 heteroatoms. The number of aromatic nitrogens is 2. The fourth-order valence-corrected chi connectivity index (χ4v) is 3.24. The van der Waals surface area contributed by atoms with Crippen LogP contribution in [0.3, 0.4) is 0 Å². The van der Waals surface area contributed by atoms with Crippen molar-refractivity contribution >= 4 is 34.6 Å². The van der Waals surface area contributed by atoms with Gasteiger partial charge in [0.2, 0.25) is 0 Å². The highest BCUT2D eigenvalue weighted by molar-refractivity contribution is 5.99. The molecule has 1 heterocycles. The zero-order chi connectivity index (χ0) is 23.5. The van der Waals surface area contributed by atoms with Gasteiger partial charge in [-0.05, 0) is 50.2 Å². The molecule has 0 aliphatic rings. The zero-order valence-electron chi connectivity index (χ0n) is 18.0. The second-order valence-electron chi connectivity index (χ2n) is 7.61. The highest BCUT2D eigenvalue weighted by Crippen LogP contribution is 2.22. The van der Waals surface area contributed by atoms with Gasteiger partial charge in [0.05, 0.1) is 22.2 Å². The normalized spacial score (nSPS) is 11.7. The SMILES string of the molecule is Cc1ccc(-c2nc3ccc(C(=O)OC(C)C(=O)Nc4cccc(C(=O)O)c4)cc3[nH]2)cc1. The van der Waals surface area contributed by atoms with Crippen LogP contribution in [-0.4, -0.2) is 39.0 Å². The van der Waals surface area contributed by atoms with E-state index in [0.717, 1.165) is 11.1 Å². The van der Waals surface area contributed by atoms with Crippen molar-refractivity contribution in [2.45, 2.75) is 20.0 Å². The maximum absolute atomic E-state index is 12.6. The number of anilines is 1. The molecule has 4 aromatic rings. The summed E-state index contributed by atoms with van der Waals surface area (Å²) in [6.45, 7) is 3.45. The Morgan fingerprint density at radius 1 is 1.00 bits per heavy atom. The average molecular weight is 443 g/mol. The van der Waals surface area contributed by atoms with Gasteiger partial charge in [0.25, 0.3) is 5.91 Å². The second-order valence-corrected chi connectivity index (χ2v) is 7.61. The molecule has 4 rings (SSSR count). The van der Waals surface area contributed by atoms with E-state index in [-0.39, 0.29) is 11.1 Å². The van der Waals surface area contributed by atoms with E-state index in [0.29, 0.717) is 22.5 Å². The number of ether oxygens (including phenoxy) is 1. The predicted molar refractivity (Wildman–Crippen MR) is 123 cm³/mol. The molecule has 8 nitrogen and oxygen atoms in total. The minimum atomic E-state index is -1.11. The first-order valence-electron chi connectivity index (χ1n) is 10.2. The highest BCUT2D eigenvalue weighted by Gasteiger charge is 2.20. The van der Waals surface area contributed by atoms with Crippen LogP contribution in [0.15, 0.2) is 66.7 Å². The summed E-state index contributed by atoms with van der Waals surface area (Å²) in [5.74, 6) is -1.65. The molecule has 1 atom stereocenters. The molecule has 0 saturated carbocycles. The van der Waals surface area contributed by atoms with E-state index >= 15 is 0 Å². The minimum absolute atomic E-state index is 0.0373. The number of H-pyrrole nitrogens is 1. The maximum atomic E-state index is 12.6. The molecule has 0 aliphatic heterocycles. The van der Waals surface area contributed by atoms with Crippen molar-refractivity contribution in [3.8, 4) is 11.4 Å². The van der Waals surface area contributed by atoms with Gasteiger partial charge in [-0.15, -0.1) is 0 Å². The van der Waals surface area contributed by atoms with Crippen molar-refractivity contribution in [1.82, 2.24) is 9.97 Å². The molecular weight excluding hydrogens is 422 g/mol. The largest absolute Gasteiger partial charge is 0.478 e. The lowest BCUT2D eigenvalue weighted by Gasteiger charge is -2.14. The molecule has 0 spiro atoms. The number of aromatic carboxylic acids is 1. The van der Waals surface area contributed by atoms with Gasteiger partial charge in [-0.3, -0.25) is 4.79 Å². The number of imidazole rings is 1. The zero-order valence-corrected chi connectivity index (χ0v) is 18.0. The van der Waals surface area contributed by atoms with Crippen molar-refractivity contribution in [3.05, 3.63) is 83.4 Å². The number of aromatic amines is 1. The number of fused-ring (bicyclic) bond motifs is 1. The number of nitrogens with zero attached hydrogens (tertiary/aromatic N) is 1. The van der Waals surface area contributed by atoms with E-state index in [4.69, 9.17) is 9.84 Å². The van der Waals surface area contributed by atoms with E-state index < -0.39 is 23.9 Å². The van der Waals surface area contributed by atoms with Crippen LogP contribution >= 0.6 is 0 Å². The Morgan fingerprint density at radius 3 is 2.48 bits per heavy atom. The summed E-state index contributed by atoms with van der Waals surface area (Å²) in [6.07, 6.45) is -1.09. The summed E-state index contributed by atoms with van der Waals surface area (Å²) >= 11 is 0. The fraction of sp³-hybridized carbons (Fsp3) is 0.120.